The van der Waals surface area contributed by atoms with Crippen molar-refractivity contribution in [3.05, 3.63) is 26.6 Å². The number of rotatable bonds is 3. The van der Waals surface area contributed by atoms with Crippen molar-refractivity contribution in [2.45, 2.75) is 59.0 Å². The Labute approximate surface area is 151 Å². The first kappa shape index (κ1) is 18.3. The van der Waals surface area contributed by atoms with E-state index in [9.17, 15) is 5.11 Å². The predicted molar refractivity (Wildman–Crippen MR) is 100 cm³/mol. The van der Waals surface area contributed by atoms with Gasteiger partial charge in [-0.2, -0.15) is 0 Å². The molecule has 1 aliphatic carbocycles. The van der Waals surface area contributed by atoms with Gasteiger partial charge >= 0.3 is 0 Å². The Morgan fingerprint density at radius 3 is 2.05 bits per heavy atom. The molecule has 0 aromatic heterocycles. The van der Waals surface area contributed by atoms with Crippen LogP contribution in [0.1, 0.15) is 52.0 Å². The third-order valence-corrected chi connectivity index (χ3v) is 6.26. The van der Waals surface area contributed by atoms with Gasteiger partial charge in [-0.1, -0.05) is 20.8 Å². The average Bonchev–Trinajstić information content (AvgIpc) is 2.44. The Bertz CT molecular complexity index is 493. The van der Waals surface area contributed by atoms with Crippen molar-refractivity contribution in [3.63, 3.8) is 0 Å². The SMILES string of the molecule is CN(Cc1cc(Br)c(O)c(Br)c1)C1CCC(C(C)(C)C)CC1. The van der Waals surface area contributed by atoms with Gasteiger partial charge in [-0.05, 0) is 93.6 Å². The number of benzene rings is 1. The molecular weight excluding hydrogens is 406 g/mol. The first-order chi connectivity index (χ1) is 10.2. The summed E-state index contributed by atoms with van der Waals surface area (Å²) in [5, 5.41) is 9.81. The van der Waals surface area contributed by atoms with Gasteiger partial charge in [-0.25, -0.2) is 0 Å². The summed E-state index contributed by atoms with van der Waals surface area (Å²) >= 11 is 6.83. The molecule has 22 heavy (non-hydrogen) atoms. The maximum absolute atomic E-state index is 9.81. The fourth-order valence-electron chi connectivity index (χ4n) is 3.51. The summed E-state index contributed by atoms with van der Waals surface area (Å²) in [6.45, 7) is 8.02. The van der Waals surface area contributed by atoms with E-state index in [4.69, 9.17) is 0 Å². The van der Waals surface area contributed by atoms with Crippen LogP contribution < -0.4 is 0 Å². The molecule has 0 atom stereocenters. The summed E-state index contributed by atoms with van der Waals surface area (Å²) in [5.41, 5.74) is 1.66. The zero-order valence-corrected chi connectivity index (χ0v) is 17.2. The lowest BCUT2D eigenvalue weighted by atomic mass is 9.71. The van der Waals surface area contributed by atoms with Crippen molar-refractivity contribution in [1.29, 1.82) is 0 Å². The summed E-state index contributed by atoms with van der Waals surface area (Å²) in [4.78, 5) is 2.46. The molecule has 2 nitrogen and oxygen atoms in total. The number of hydrogen-bond donors (Lipinski definition) is 1. The minimum atomic E-state index is 0.275. The minimum Gasteiger partial charge on any atom is -0.506 e. The van der Waals surface area contributed by atoms with Crippen LogP contribution >= 0.6 is 31.9 Å². The average molecular weight is 433 g/mol. The van der Waals surface area contributed by atoms with Gasteiger partial charge < -0.3 is 5.11 Å². The molecular formula is C18H27Br2NO. The molecule has 0 bridgehead atoms. The molecule has 0 aliphatic heterocycles. The van der Waals surface area contributed by atoms with Crippen LogP contribution in [0.2, 0.25) is 0 Å². The number of phenolic OH excluding ortho intramolecular Hbond substituents is 1. The summed E-state index contributed by atoms with van der Waals surface area (Å²) in [6, 6.07) is 4.69. The van der Waals surface area contributed by atoms with E-state index in [2.05, 4.69) is 64.6 Å². The summed E-state index contributed by atoms with van der Waals surface area (Å²) in [5.74, 6) is 1.13. The highest BCUT2D eigenvalue weighted by molar-refractivity contribution is 9.11. The van der Waals surface area contributed by atoms with Crippen LogP contribution in [0, 0.1) is 11.3 Å². The highest BCUT2D eigenvalue weighted by Gasteiger charge is 2.31. The van der Waals surface area contributed by atoms with Gasteiger partial charge in [0.2, 0.25) is 0 Å². The number of halogens is 2. The van der Waals surface area contributed by atoms with E-state index in [1.165, 1.54) is 31.2 Å². The van der Waals surface area contributed by atoms with Crippen molar-refractivity contribution in [2.24, 2.45) is 11.3 Å². The van der Waals surface area contributed by atoms with E-state index in [0.717, 1.165) is 21.4 Å². The summed E-state index contributed by atoms with van der Waals surface area (Å²) in [7, 11) is 2.22. The fraction of sp³-hybridized carbons (Fsp3) is 0.667. The Hall–Kier alpha value is -0.0600. The maximum Gasteiger partial charge on any atom is 0.143 e. The second kappa shape index (κ2) is 7.23. The monoisotopic (exact) mass is 431 g/mol. The van der Waals surface area contributed by atoms with Crippen LogP contribution in [-0.2, 0) is 6.54 Å². The van der Waals surface area contributed by atoms with Gasteiger partial charge in [-0.15, -0.1) is 0 Å². The normalized spacial score (nSPS) is 23.0. The molecule has 1 aromatic carbocycles. The molecule has 1 aromatic rings. The first-order valence-electron chi connectivity index (χ1n) is 8.05. The summed E-state index contributed by atoms with van der Waals surface area (Å²) in [6.07, 6.45) is 5.25. The van der Waals surface area contributed by atoms with E-state index in [1.807, 2.05) is 12.1 Å². The smallest absolute Gasteiger partial charge is 0.143 e. The van der Waals surface area contributed by atoms with E-state index in [0.29, 0.717) is 11.5 Å². The molecule has 4 heteroatoms. The van der Waals surface area contributed by atoms with Gasteiger partial charge in [0, 0.05) is 12.6 Å². The Morgan fingerprint density at radius 1 is 1.09 bits per heavy atom. The minimum absolute atomic E-state index is 0.275. The van der Waals surface area contributed by atoms with Crippen LogP contribution in [-0.4, -0.2) is 23.1 Å². The van der Waals surface area contributed by atoms with Gasteiger partial charge in [-0.3, -0.25) is 4.90 Å². The second-order valence-electron chi connectivity index (χ2n) is 7.69. The highest BCUT2D eigenvalue weighted by atomic mass is 79.9. The van der Waals surface area contributed by atoms with Crippen molar-refractivity contribution in [2.75, 3.05) is 7.05 Å². The number of aromatic hydroxyl groups is 1. The second-order valence-corrected chi connectivity index (χ2v) is 9.40. The quantitative estimate of drug-likeness (QED) is 0.637. The van der Waals surface area contributed by atoms with E-state index in [-0.39, 0.29) is 5.75 Å². The lowest BCUT2D eigenvalue weighted by Crippen LogP contribution is -2.37. The van der Waals surface area contributed by atoms with Crippen LogP contribution in [0.15, 0.2) is 21.1 Å². The topological polar surface area (TPSA) is 23.5 Å². The third kappa shape index (κ3) is 4.48. The molecule has 0 heterocycles. The molecule has 1 saturated carbocycles. The van der Waals surface area contributed by atoms with Crippen molar-refractivity contribution in [3.8, 4) is 5.75 Å². The largest absolute Gasteiger partial charge is 0.506 e. The number of phenols is 1. The lowest BCUT2D eigenvalue weighted by molar-refractivity contribution is 0.107. The molecule has 0 saturated heterocycles. The molecule has 0 radical (unpaired) electrons. The third-order valence-electron chi connectivity index (χ3n) is 5.05. The predicted octanol–water partition coefficient (Wildman–Crippen LogP) is 5.95. The standard InChI is InChI=1S/C18H27Br2NO/c1-18(2,3)13-5-7-14(8-6-13)21(4)11-12-9-15(19)17(22)16(20)10-12/h9-10,13-14,22H,5-8,11H2,1-4H3. The molecule has 1 N–H and O–H groups in total. The van der Waals surface area contributed by atoms with Crippen LogP contribution in [0.3, 0.4) is 0 Å². The van der Waals surface area contributed by atoms with Crippen LogP contribution in [0.25, 0.3) is 0 Å². The Balaban J connectivity index is 1.95. The number of nitrogens with zero attached hydrogens (tertiary/aromatic N) is 1. The zero-order chi connectivity index (χ0) is 16.5. The molecule has 2 rings (SSSR count). The van der Waals surface area contributed by atoms with Gasteiger partial charge in [0.15, 0.2) is 0 Å². The molecule has 1 aliphatic rings. The van der Waals surface area contributed by atoms with Crippen molar-refractivity contribution >= 4 is 31.9 Å². The van der Waals surface area contributed by atoms with Crippen LogP contribution in [0.5, 0.6) is 5.75 Å². The van der Waals surface area contributed by atoms with E-state index < -0.39 is 0 Å². The van der Waals surface area contributed by atoms with Gasteiger partial charge in [0.1, 0.15) is 5.75 Å². The molecule has 124 valence electrons. The molecule has 1 fully saturated rings. The molecule has 0 spiro atoms. The molecule has 0 unspecified atom stereocenters. The van der Waals surface area contributed by atoms with E-state index in [1.54, 1.807) is 0 Å². The fourth-order valence-corrected chi connectivity index (χ4v) is 4.79. The van der Waals surface area contributed by atoms with Gasteiger partial charge in [0.05, 0.1) is 8.95 Å². The van der Waals surface area contributed by atoms with Crippen LogP contribution in [0.4, 0.5) is 0 Å². The Kier molecular flexibility index (Phi) is 6.01. The van der Waals surface area contributed by atoms with E-state index >= 15 is 0 Å². The lowest BCUT2D eigenvalue weighted by Gasteiger charge is -2.40. The summed E-state index contributed by atoms with van der Waals surface area (Å²) < 4.78 is 1.50. The maximum atomic E-state index is 9.81. The van der Waals surface area contributed by atoms with Gasteiger partial charge in [0.25, 0.3) is 0 Å². The Morgan fingerprint density at radius 2 is 1.59 bits per heavy atom. The molecule has 0 amide bonds. The van der Waals surface area contributed by atoms with Crippen molar-refractivity contribution < 1.29 is 5.11 Å². The number of hydrogen-bond acceptors (Lipinski definition) is 2. The first-order valence-corrected chi connectivity index (χ1v) is 9.64. The van der Waals surface area contributed by atoms with Crippen molar-refractivity contribution in [1.82, 2.24) is 4.90 Å². The zero-order valence-electron chi connectivity index (χ0n) is 14.0. The highest BCUT2D eigenvalue weighted by Crippen LogP contribution is 2.39.